The molecule has 0 aliphatic rings. The van der Waals surface area contributed by atoms with Gasteiger partial charge in [0.2, 0.25) is 10.0 Å². The second kappa shape index (κ2) is 5.09. The molecule has 0 bridgehead atoms. The van der Waals surface area contributed by atoms with Crippen molar-refractivity contribution >= 4 is 10.0 Å². The van der Waals surface area contributed by atoms with Gasteiger partial charge in [0.15, 0.2) is 0 Å². The highest BCUT2D eigenvalue weighted by atomic mass is 32.2. The topological polar surface area (TPSA) is 66.4 Å². The van der Waals surface area contributed by atoms with Crippen LogP contribution in [0.3, 0.4) is 0 Å². The molecule has 86 valence electrons. The number of hydrogen-bond acceptors (Lipinski definition) is 3. The predicted molar refractivity (Wildman–Crippen MR) is 57.5 cm³/mol. The fourth-order valence-corrected chi connectivity index (χ4v) is 2.97. The van der Waals surface area contributed by atoms with Crippen LogP contribution in [0.5, 0.6) is 0 Å². The third-order valence-electron chi connectivity index (χ3n) is 2.00. The van der Waals surface area contributed by atoms with Gasteiger partial charge in [-0.05, 0) is 13.3 Å². The second-order valence-electron chi connectivity index (χ2n) is 4.51. The molecule has 0 spiro atoms. The first-order chi connectivity index (χ1) is 6.22. The highest BCUT2D eigenvalue weighted by molar-refractivity contribution is 7.89. The van der Waals surface area contributed by atoms with Crippen molar-refractivity contribution in [2.24, 2.45) is 5.41 Å². The minimum atomic E-state index is -3.27. The number of nitrogens with one attached hydrogen (secondary N) is 1. The molecule has 0 rings (SSSR count). The van der Waals surface area contributed by atoms with E-state index in [0.717, 1.165) is 6.42 Å². The van der Waals surface area contributed by atoms with Crippen molar-refractivity contribution in [2.75, 3.05) is 12.4 Å². The summed E-state index contributed by atoms with van der Waals surface area (Å²) in [6.07, 6.45) is 0.763. The molecule has 1 atom stereocenters. The molecular weight excluding hydrogens is 202 g/mol. The van der Waals surface area contributed by atoms with E-state index in [-0.39, 0.29) is 18.4 Å². The minimum Gasteiger partial charge on any atom is -0.396 e. The van der Waals surface area contributed by atoms with Crippen molar-refractivity contribution < 1.29 is 13.5 Å². The maximum absolute atomic E-state index is 11.6. The highest BCUT2D eigenvalue weighted by Crippen LogP contribution is 2.16. The van der Waals surface area contributed by atoms with Crippen LogP contribution in [0.4, 0.5) is 0 Å². The average molecular weight is 223 g/mol. The van der Waals surface area contributed by atoms with Crippen LogP contribution in [0.25, 0.3) is 0 Å². The van der Waals surface area contributed by atoms with Gasteiger partial charge in [0.25, 0.3) is 0 Å². The van der Waals surface area contributed by atoms with Crippen LogP contribution in [0.15, 0.2) is 0 Å². The van der Waals surface area contributed by atoms with Gasteiger partial charge in [0.1, 0.15) is 0 Å². The number of hydrogen-bond donors (Lipinski definition) is 2. The molecule has 0 aromatic carbocycles. The zero-order valence-electron chi connectivity index (χ0n) is 9.37. The van der Waals surface area contributed by atoms with Gasteiger partial charge in [-0.3, -0.25) is 0 Å². The third kappa shape index (κ3) is 5.57. The number of aliphatic hydroxyl groups excluding tert-OH is 1. The van der Waals surface area contributed by atoms with Crippen molar-refractivity contribution in [1.82, 2.24) is 4.72 Å². The van der Waals surface area contributed by atoms with Crippen LogP contribution in [0.2, 0.25) is 0 Å². The molecule has 4 nitrogen and oxygen atoms in total. The molecule has 14 heavy (non-hydrogen) atoms. The number of sulfonamides is 1. The van der Waals surface area contributed by atoms with E-state index in [1.54, 1.807) is 13.8 Å². The Balaban J connectivity index is 4.36. The molecule has 0 aliphatic heterocycles. The van der Waals surface area contributed by atoms with Crippen LogP contribution >= 0.6 is 0 Å². The van der Waals surface area contributed by atoms with E-state index in [1.165, 1.54) is 0 Å². The van der Waals surface area contributed by atoms with Crippen LogP contribution in [0, 0.1) is 5.41 Å². The van der Waals surface area contributed by atoms with E-state index in [4.69, 9.17) is 5.11 Å². The first-order valence-corrected chi connectivity index (χ1v) is 6.48. The largest absolute Gasteiger partial charge is 0.396 e. The van der Waals surface area contributed by atoms with Crippen LogP contribution in [-0.2, 0) is 10.0 Å². The lowest BCUT2D eigenvalue weighted by atomic mass is 9.98. The van der Waals surface area contributed by atoms with Crippen LogP contribution < -0.4 is 4.72 Å². The molecule has 0 saturated carbocycles. The third-order valence-corrected chi connectivity index (χ3v) is 3.92. The second-order valence-corrected chi connectivity index (χ2v) is 6.26. The molecule has 5 heteroatoms. The SMILES string of the molecule is CCC(C)NS(=O)(=O)CC(C)(C)CO. The molecule has 0 aliphatic carbocycles. The standard InChI is InChI=1S/C9H21NO3S/c1-5-8(2)10-14(12,13)7-9(3,4)6-11/h8,10-11H,5-7H2,1-4H3. The molecule has 0 saturated heterocycles. The highest BCUT2D eigenvalue weighted by Gasteiger charge is 2.26. The van der Waals surface area contributed by atoms with E-state index in [9.17, 15) is 8.42 Å². The van der Waals surface area contributed by atoms with Gasteiger partial charge in [0.05, 0.1) is 5.75 Å². The fourth-order valence-electron chi connectivity index (χ4n) is 0.992. The van der Waals surface area contributed by atoms with Gasteiger partial charge >= 0.3 is 0 Å². The first-order valence-electron chi connectivity index (χ1n) is 4.83. The molecule has 1 unspecified atom stereocenters. The van der Waals surface area contributed by atoms with E-state index in [1.807, 2.05) is 13.8 Å². The molecular formula is C9H21NO3S. The molecule has 0 heterocycles. The van der Waals surface area contributed by atoms with Crippen molar-refractivity contribution in [2.45, 2.75) is 40.2 Å². The predicted octanol–water partition coefficient (Wildman–Crippen LogP) is 0.723. The Bertz CT molecular complexity index is 259. The van der Waals surface area contributed by atoms with Crippen molar-refractivity contribution in [3.05, 3.63) is 0 Å². The molecule has 2 N–H and O–H groups in total. The molecule has 0 aromatic heterocycles. The summed E-state index contributed by atoms with van der Waals surface area (Å²) in [5.41, 5.74) is -0.584. The molecule has 0 radical (unpaired) electrons. The Morgan fingerprint density at radius 2 is 1.93 bits per heavy atom. The summed E-state index contributed by atoms with van der Waals surface area (Å²) in [5.74, 6) is -0.0408. The normalized spacial score (nSPS) is 15.5. The summed E-state index contributed by atoms with van der Waals surface area (Å²) in [7, 11) is -3.27. The van der Waals surface area contributed by atoms with E-state index in [2.05, 4.69) is 4.72 Å². The summed E-state index contributed by atoms with van der Waals surface area (Å²) >= 11 is 0. The van der Waals surface area contributed by atoms with E-state index >= 15 is 0 Å². The van der Waals surface area contributed by atoms with Gasteiger partial charge in [-0.1, -0.05) is 20.8 Å². The summed E-state index contributed by atoms with van der Waals surface area (Å²) in [6.45, 7) is 7.06. The van der Waals surface area contributed by atoms with Crippen molar-refractivity contribution in [3.8, 4) is 0 Å². The number of rotatable bonds is 6. The maximum atomic E-state index is 11.6. The average Bonchev–Trinajstić information content (AvgIpc) is 2.01. The fraction of sp³-hybridized carbons (Fsp3) is 1.00. The van der Waals surface area contributed by atoms with Gasteiger partial charge < -0.3 is 5.11 Å². The smallest absolute Gasteiger partial charge is 0.212 e. The van der Waals surface area contributed by atoms with Gasteiger partial charge in [-0.15, -0.1) is 0 Å². The van der Waals surface area contributed by atoms with Crippen LogP contribution in [0.1, 0.15) is 34.1 Å². The van der Waals surface area contributed by atoms with Crippen LogP contribution in [-0.4, -0.2) is 31.9 Å². The summed E-state index contributed by atoms with van der Waals surface area (Å²) in [4.78, 5) is 0. The minimum absolute atomic E-state index is 0.0408. The lowest BCUT2D eigenvalue weighted by molar-refractivity contribution is 0.178. The molecule has 0 fully saturated rings. The number of aliphatic hydroxyl groups is 1. The zero-order valence-corrected chi connectivity index (χ0v) is 10.2. The Labute approximate surface area is 86.8 Å². The summed E-state index contributed by atoms with van der Waals surface area (Å²) < 4.78 is 25.7. The monoisotopic (exact) mass is 223 g/mol. The van der Waals surface area contributed by atoms with E-state index < -0.39 is 15.4 Å². The van der Waals surface area contributed by atoms with Crippen molar-refractivity contribution in [1.29, 1.82) is 0 Å². The lowest BCUT2D eigenvalue weighted by Crippen LogP contribution is -2.39. The lowest BCUT2D eigenvalue weighted by Gasteiger charge is -2.22. The Morgan fingerprint density at radius 1 is 1.43 bits per heavy atom. The first kappa shape index (κ1) is 13.9. The van der Waals surface area contributed by atoms with Gasteiger partial charge in [-0.2, -0.15) is 0 Å². The Hall–Kier alpha value is -0.130. The molecule has 0 aromatic rings. The van der Waals surface area contributed by atoms with Gasteiger partial charge in [-0.25, -0.2) is 13.1 Å². The quantitative estimate of drug-likeness (QED) is 0.697. The van der Waals surface area contributed by atoms with Crippen molar-refractivity contribution in [3.63, 3.8) is 0 Å². The summed E-state index contributed by atoms with van der Waals surface area (Å²) in [6, 6.07) is -0.0468. The summed E-state index contributed by atoms with van der Waals surface area (Å²) in [5, 5.41) is 8.96. The zero-order chi connectivity index (χ0) is 11.4. The van der Waals surface area contributed by atoms with Gasteiger partial charge in [0, 0.05) is 18.1 Å². The molecule has 0 amide bonds. The maximum Gasteiger partial charge on any atom is 0.212 e. The Kier molecular flexibility index (Phi) is 5.05. The Morgan fingerprint density at radius 3 is 2.29 bits per heavy atom. The van der Waals surface area contributed by atoms with E-state index in [0.29, 0.717) is 0 Å².